The Bertz CT molecular complexity index is 416. The number of allylic oxidation sites excluding steroid dienone is 3. The molecule has 0 N–H and O–H groups in total. The van der Waals surface area contributed by atoms with Gasteiger partial charge in [0.1, 0.15) is 5.44 Å². The monoisotopic (exact) mass is 276 g/mol. The highest BCUT2D eigenvalue weighted by Gasteiger charge is 2.06. The first-order valence-corrected chi connectivity index (χ1v) is 7.55. The van der Waals surface area contributed by atoms with Crippen LogP contribution in [0, 0.1) is 0 Å². The number of ether oxygens (including phenoxy) is 1. The summed E-state index contributed by atoms with van der Waals surface area (Å²) in [6.45, 7) is 6.46. The topological polar surface area (TPSA) is 9.23 Å². The van der Waals surface area contributed by atoms with E-state index in [4.69, 9.17) is 4.74 Å². The molecule has 1 unspecified atom stereocenters. The van der Waals surface area contributed by atoms with E-state index in [0.29, 0.717) is 0 Å². The predicted octanol–water partition coefficient (Wildman–Crippen LogP) is 5.44. The molecule has 0 bridgehead atoms. The summed E-state index contributed by atoms with van der Waals surface area (Å²) in [7, 11) is 1.76. The molecule has 0 aromatic heterocycles. The van der Waals surface area contributed by atoms with Crippen LogP contribution in [0.3, 0.4) is 0 Å². The molecule has 1 nitrogen and oxygen atoms in total. The molecule has 0 saturated heterocycles. The molecular formula is C17H24OS. The Kier molecular flexibility index (Phi) is 7.61. The van der Waals surface area contributed by atoms with Gasteiger partial charge in [0.05, 0.1) is 0 Å². The van der Waals surface area contributed by atoms with Crippen LogP contribution >= 0.6 is 11.8 Å². The van der Waals surface area contributed by atoms with Crippen LogP contribution in [0.2, 0.25) is 0 Å². The maximum Gasteiger partial charge on any atom is 0.125 e. The Morgan fingerprint density at radius 1 is 1.21 bits per heavy atom. The van der Waals surface area contributed by atoms with Crippen molar-refractivity contribution < 1.29 is 4.74 Å². The number of hydrogen-bond acceptors (Lipinski definition) is 2. The SMILES string of the molecule is COC(C=C(C)CCC=C(C)C)Sc1ccccc1. The molecule has 104 valence electrons. The highest BCUT2D eigenvalue weighted by Crippen LogP contribution is 2.25. The number of benzene rings is 1. The third-order valence-corrected chi connectivity index (χ3v) is 3.84. The normalized spacial score (nSPS) is 13.2. The Morgan fingerprint density at radius 2 is 1.89 bits per heavy atom. The molecule has 19 heavy (non-hydrogen) atoms. The lowest BCUT2D eigenvalue weighted by Gasteiger charge is -2.12. The lowest BCUT2D eigenvalue weighted by Crippen LogP contribution is -2.02. The maximum atomic E-state index is 5.52. The quantitative estimate of drug-likeness (QED) is 0.372. The maximum absolute atomic E-state index is 5.52. The molecule has 0 aliphatic heterocycles. The summed E-state index contributed by atoms with van der Waals surface area (Å²) < 4.78 is 5.52. The van der Waals surface area contributed by atoms with Gasteiger partial charge < -0.3 is 4.74 Å². The number of thioether (sulfide) groups is 1. The van der Waals surface area contributed by atoms with Gasteiger partial charge in [-0.1, -0.05) is 47.2 Å². The van der Waals surface area contributed by atoms with Gasteiger partial charge in [-0.25, -0.2) is 0 Å². The predicted molar refractivity (Wildman–Crippen MR) is 85.5 cm³/mol. The van der Waals surface area contributed by atoms with E-state index in [9.17, 15) is 0 Å². The summed E-state index contributed by atoms with van der Waals surface area (Å²) in [6, 6.07) is 10.4. The molecule has 1 aromatic carbocycles. The summed E-state index contributed by atoms with van der Waals surface area (Å²) in [5, 5.41) is 0. The molecule has 0 saturated carbocycles. The zero-order valence-electron chi connectivity index (χ0n) is 12.3. The van der Waals surface area contributed by atoms with Crippen LogP contribution in [0.15, 0.2) is 58.5 Å². The van der Waals surface area contributed by atoms with Gasteiger partial charge in [0.25, 0.3) is 0 Å². The first-order chi connectivity index (χ1) is 9.11. The largest absolute Gasteiger partial charge is 0.366 e. The summed E-state index contributed by atoms with van der Waals surface area (Å²) in [5.41, 5.74) is 2.86. The van der Waals surface area contributed by atoms with Gasteiger partial charge in [0.15, 0.2) is 0 Å². The minimum Gasteiger partial charge on any atom is -0.366 e. The average molecular weight is 276 g/mol. The molecule has 1 aromatic rings. The first kappa shape index (κ1) is 16.1. The van der Waals surface area contributed by atoms with Crippen molar-refractivity contribution in [3.8, 4) is 0 Å². The molecule has 0 spiro atoms. The van der Waals surface area contributed by atoms with Crippen molar-refractivity contribution in [2.45, 2.75) is 43.9 Å². The van der Waals surface area contributed by atoms with E-state index in [2.05, 4.69) is 57.2 Å². The molecule has 1 atom stereocenters. The van der Waals surface area contributed by atoms with Gasteiger partial charge in [0, 0.05) is 12.0 Å². The van der Waals surface area contributed by atoms with Crippen molar-refractivity contribution in [2.24, 2.45) is 0 Å². The van der Waals surface area contributed by atoms with Crippen molar-refractivity contribution in [3.05, 3.63) is 53.6 Å². The highest BCUT2D eigenvalue weighted by atomic mass is 32.2. The van der Waals surface area contributed by atoms with Crippen molar-refractivity contribution in [1.82, 2.24) is 0 Å². The third-order valence-electron chi connectivity index (χ3n) is 2.74. The molecule has 0 amide bonds. The summed E-state index contributed by atoms with van der Waals surface area (Å²) in [5.74, 6) is 0. The van der Waals surface area contributed by atoms with Gasteiger partial charge in [-0.15, -0.1) is 0 Å². The Morgan fingerprint density at radius 3 is 2.47 bits per heavy atom. The fraction of sp³-hybridized carbons (Fsp3) is 0.412. The van der Waals surface area contributed by atoms with E-state index in [1.165, 1.54) is 16.0 Å². The van der Waals surface area contributed by atoms with E-state index < -0.39 is 0 Å². The number of hydrogen-bond donors (Lipinski definition) is 0. The minimum atomic E-state index is 0.0918. The summed E-state index contributed by atoms with van der Waals surface area (Å²) >= 11 is 1.74. The van der Waals surface area contributed by atoms with Gasteiger partial charge in [-0.05, 0) is 51.8 Å². The standard InChI is InChI=1S/C17H24OS/c1-14(2)9-8-10-15(3)13-17(18-4)19-16-11-6-5-7-12-16/h5-7,9,11-13,17H,8,10H2,1-4H3. The van der Waals surface area contributed by atoms with Gasteiger partial charge in [0.2, 0.25) is 0 Å². The van der Waals surface area contributed by atoms with E-state index >= 15 is 0 Å². The van der Waals surface area contributed by atoms with Crippen molar-refractivity contribution in [2.75, 3.05) is 7.11 Å². The van der Waals surface area contributed by atoms with Crippen LogP contribution in [-0.4, -0.2) is 12.5 Å². The molecular weight excluding hydrogens is 252 g/mol. The van der Waals surface area contributed by atoms with E-state index in [1.54, 1.807) is 18.9 Å². The fourth-order valence-corrected chi connectivity index (χ4v) is 2.67. The number of methoxy groups -OCH3 is 1. The van der Waals surface area contributed by atoms with Crippen LogP contribution in [0.4, 0.5) is 0 Å². The van der Waals surface area contributed by atoms with Crippen LogP contribution < -0.4 is 0 Å². The second kappa shape index (κ2) is 9.00. The minimum absolute atomic E-state index is 0.0918. The summed E-state index contributed by atoms with van der Waals surface area (Å²) in [4.78, 5) is 1.24. The second-order valence-electron chi connectivity index (χ2n) is 4.87. The Labute approximate surface area is 121 Å². The van der Waals surface area contributed by atoms with Crippen LogP contribution in [0.5, 0.6) is 0 Å². The zero-order chi connectivity index (χ0) is 14.1. The van der Waals surface area contributed by atoms with E-state index in [1.807, 2.05) is 6.07 Å². The second-order valence-corrected chi connectivity index (χ2v) is 6.04. The number of rotatable bonds is 7. The van der Waals surface area contributed by atoms with Crippen molar-refractivity contribution in [3.63, 3.8) is 0 Å². The van der Waals surface area contributed by atoms with Gasteiger partial charge in [-0.2, -0.15) is 0 Å². The zero-order valence-corrected chi connectivity index (χ0v) is 13.2. The van der Waals surface area contributed by atoms with Crippen LogP contribution in [0.1, 0.15) is 33.6 Å². The molecule has 1 rings (SSSR count). The Hall–Kier alpha value is -0.990. The smallest absolute Gasteiger partial charge is 0.125 e. The summed E-state index contributed by atoms with van der Waals surface area (Å²) in [6.07, 6.45) is 6.71. The Balaban J connectivity index is 2.53. The molecule has 0 fully saturated rings. The lowest BCUT2D eigenvalue weighted by atomic mass is 10.1. The van der Waals surface area contributed by atoms with Crippen molar-refractivity contribution >= 4 is 11.8 Å². The highest BCUT2D eigenvalue weighted by molar-refractivity contribution is 8.00. The first-order valence-electron chi connectivity index (χ1n) is 6.67. The van der Waals surface area contributed by atoms with Gasteiger partial charge in [-0.3, -0.25) is 0 Å². The van der Waals surface area contributed by atoms with E-state index in [0.717, 1.165) is 12.8 Å². The third kappa shape index (κ3) is 7.24. The van der Waals surface area contributed by atoms with E-state index in [-0.39, 0.29) is 5.44 Å². The van der Waals surface area contributed by atoms with Gasteiger partial charge >= 0.3 is 0 Å². The molecule has 0 radical (unpaired) electrons. The van der Waals surface area contributed by atoms with Crippen molar-refractivity contribution in [1.29, 1.82) is 0 Å². The molecule has 2 heteroatoms. The average Bonchev–Trinajstić information content (AvgIpc) is 2.38. The lowest BCUT2D eigenvalue weighted by molar-refractivity contribution is 0.207. The molecule has 0 aliphatic carbocycles. The van der Waals surface area contributed by atoms with Crippen LogP contribution in [0.25, 0.3) is 0 Å². The van der Waals surface area contributed by atoms with Crippen LogP contribution in [-0.2, 0) is 4.74 Å². The fourth-order valence-electron chi connectivity index (χ4n) is 1.69. The molecule has 0 aliphatic rings. The molecule has 0 heterocycles.